The van der Waals surface area contributed by atoms with Crippen molar-refractivity contribution >= 4 is 64.5 Å². The molecule has 3 aromatic carbocycles. The molecule has 5 heteroatoms. The summed E-state index contributed by atoms with van der Waals surface area (Å²) in [6.07, 6.45) is 1.80. The molecule has 0 aliphatic heterocycles. The van der Waals surface area contributed by atoms with Gasteiger partial charge in [-0.15, -0.1) is 11.3 Å². The Balaban J connectivity index is 1.53. The average molecular weight is 479 g/mol. The van der Waals surface area contributed by atoms with Gasteiger partial charge in [0.1, 0.15) is 5.82 Å². The topological polar surface area (TPSA) is 43.6 Å². The molecular weight excluding hydrogens is 460 g/mol. The predicted octanol–water partition coefficient (Wildman–Crippen LogP) is 8.16. The van der Waals surface area contributed by atoms with E-state index in [1.165, 1.54) is 25.6 Å². The van der Waals surface area contributed by atoms with Crippen molar-refractivity contribution in [1.82, 2.24) is 19.5 Å². The maximum atomic E-state index is 5.25. The molecule has 0 N–H and O–H groups in total. The Morgan fingerprint density at radius 1 is 0.611 bits per heavy atom. The third-order valence-electron chi connectivity index (χ3n) is 6.86. The highest BCUT2D eigenvalue weighted by Crippen LogP contribution is 2.43. The van der Waals surface area contributed by atoms with Crippen LogP contribution in [0.1, 0.15) is 0 Å². The largest absolute Gasteiger partial charge is 0.292 e. The fraction of sp³-hybridized carbons (Fsp3) is 0. The number of hydrogen-bond donors (Lipinski definition) is 0. The summed E-state index contributed by atoms with van der Waals surface area (Å²) in [5.41, 5.74) is 6.99. The quantitative estimate of drug-likeness (QED) is 0.252. The van der Waals surface area contributed by atoms with Crippen molar-refractivity contribution in [1.29, 1.82) is 0 Å². The third kappa shape index (κ3) is 2.78. The van der Waals surface area contributed by atoms with E-state index in [4.69, 9.17) is 9.97 Å². The molecule has 0 radical (unpaired) electrons. The van der Waals surface area contributed by atoms with Gasteiger partial charge in [-0.3, -0.25) is 9.55 Å². The summed E-state index contributed by atoms with van der Waals surface area (Å²) < 4.78 is 4.79. The number of aromatic nitrogens is 4. The van der Waals surface area contributed by atoms with E-state index in [1.54, 1.807) is 6.20 Å². The minimum atomic E-state index is 0.866. The van der Waals surface area contributed by atoms with Gasteiger partial charge in [-0.2, -0.15) is 0 Å². The standard InChI is InChI=1S/C31H18N4S/c1-2-7-19(8-3-1)22-13-16-26-30(34-22)29-25(15-12-21-20-9-4-5-11-27(20)36-31(21)29)35(26)28-17-14-23-24(33-28)10-6-18-32-23/h1-18H. The van der Waals surface area contributed by atoms with Crippen LogP contribution in [0.4, 0.5) is 0 Å². The van der Waals surface area contributed by atoms with E-state index in [2.05, 4.69) is 88.4 Å². The number of thiophene rings is 1. The smallest absolute Gasteiger partial charge is 0.138 e. The Morgan fingerprint density at radius 3 is 2.42 bits per heavy atom. The highest BCUT2D eigenvalue weighted by atomic mass is 32.1. The lowest BCUT2D eigenvalue weighted by Gasteiger charge is -2.08. The summed E-state index contributed by atoms with van der Waals surface area (Å²) >= 11 is 1.84. The van der Waals surface area contributed by atoms with E-state index in [0.29, 0.717) is 0 Å². The lowest BCUT2D eigenvalue weighted by Crippen LogP contribution is -1.98. The molecule has 5 aromatic heterocycles. The summed E-state index contributed by atoms with van der Waals surface area (Å²) in [6, 6.07) is 35.8. The van der Waals surface area contributed by atoms with Crippen molar-refractivity contribution in [3.05, 3.63) is 109 Å². The molecule has 0 atom stereocenters. The summed E-state index contributed by atoms with van der Waals surface area (Å²) in [5, 5.41) is 3.73. The van der Waals surface area contributed by atoms with Crippen molar-refractivity contribution in [2.45, 2.75) is 0 Å². The van der Waals surface area contributed by atoms with E-state index in [-0.39, 0.29) is 0 Å². The third-order valence-corrected chi connectivity index (χ3v) is 8.06. The minimum Gasteiger partial charge on any atom is -0.292 e. The molecule has 8 aromatic rings. The van der Waals surface area contributed by atoms with Gasteiger partial charge in [-0.05, 0) is 48.5 Å². The average Bonchev–Trinajstić information content (AvgIpc) is 3.48. The first kappa shape index (κ1) is 19.7. The normalized spacial score (nSPS) is 11.9. The second-order valence-electron chi connectivity index (χ2n) is 8.91. The summed E-state index contributed by atoms with van der Waals surface area (Å²) in [4.78, 5) is 14.7. The molecule has 5 heterocycles. The molecule has 0 aliphatic rings. The second kappa shape index (κ2) is 7.44. The Hall–Kier alpha value is -4.61. The fourth-order valence-corrected chi connectivity index (χ4v) is 6.47. The Morgan fingerprint density at radius 2 is 1.47 bits per heavy atom. The zero-order valence-electron chi connectivity index (χ0n) is 19.1. The van der Waals surface area contributed by atoms with Crippen molar-refractivity contribution in [3.8, 4) is 17.1 Å². The second-order valence-corrected chi connectivity index (χ2v) is 9.96. The first-order valence-electron chi connectivity index (χ1n) is 11.9. The number of rotatable bonds is 2. The van der Waals surface area contributed by atoms with Gasteiger partial charge in [0.25, 0.3) is 0 Å². The number of fused-ring (bicyclic) bond motifs is 8. The molecule has 0 saturated heterocycles. The molecule has 8 rings (SSSR count). The van der Waals surface area contributed by atoms with Crippen LogP contribution >= 0.6 is 11.3 Å². The molecular formula is C31H18N4S. The molecule has 0 amide bonds. The van der Waals surface area contributed by atoms with Crippen LogP contribution in [0.3, 0.4) is 0 Å². The van der Waals surface area contributed by atoms with Gasteiger partial charge in [0.15, 0.2) is 0 Å². The van der Waals surface area contributed by atoms with E-state index in [9.17, 15) is 0 Å². The predicted molar refractivity (Wildman–Crippen MR) is 150 cm³/mol. The Bertz CT molecular complexity index is 2100. The number of hydrogen-bond acceptors (Lipinski definition) is 4. The molecule has 4 nitrogen and oxygen atoms in total. The lowest BCUT2D eigenvalue weighted by atomic mass is 10.1. The molecule has 168 valence electrons. The highest BCUT2D eigenvalue weighted by Gasteiger charge is 2.20. The van der Waals surface area contributed by atoms with Crippen molar-refractivity contribution in [2.24, 2.45) is 0 Å². The number of pyridine rings is 3. The first-order valence-corrected chi connectivity index (χ1v) is 12.7. The monoisotopic (exact) mass is 478 g/mol. The van der Waals surface area contributed by atoms with Gasteiger partial charge in [0, 0.05) is 37.3 Å². The minimum absolute atomic E-state index is 0.866. The van der Waals surface area contributed by atoms with Gasteiger partial charge in [-0.25, -0.2) is 9.97 Å². The number of benzene rings is 3. The van der Waals surface area contributed by atoms with Crippen molar-refractivity contribution in [3.63, 3.8) is 0 Å². The van der Waals surface area contributed by atoms with Crippen molar-refractivity contribution in [2.75, 3.05) is 0 Å². The van der Waals surface area contributed by atoms with Crippen LogP contribution in [-0.2, 0) is 0 Å². The van der Waals surface area contributed by atoms with Crippen LogP contribution in [0.25, 0.3) is 70.2 Å². The molecule has 0 aliphatic carbocycles. The fourth-order valence-electron chi connectivity index (χ4n) is 5.23. The van der Waals surface area contributed by atoms with Gasteiger partial charge >= 0.3 is 0 Å². The van der Waals surface area contributed by atoms with Crippen LogP contribution in [0.2, 0.25) is 0 Å². The molecule has 0 saturated carbocycles. The maximum Gasteiger partial charge on any atom is 0.138 e. The van der Waals surface area contributed by atoms with Crippen LogP contribution in [0.5, 0.6) is 0 Å². The highest BCUT2D eigenvalue weighted by molar-refractivity contribution is 7.26. The van der Waals surface area contributed by atoms with E-state index >= 15 is 0 Å². The van der Waals surface area contributed by atoms with Gasteiger partial charge < -0.3 is 0 Å². The molecule has 36 heavy (non-hydrogen) atoms. The first-order chi connectivity index (χ1) is 17.8. The SMILES string of the molecule is c1ccc(-c2ccc3c(n2)c2c4sc5ccccc5c4ccc2n3-c2ccc3ncccc3n2)cc1. The molecule has 0 fully saturated rings. The molecule has 0 spiro atoms. The molecule has 0 unspecified atom stereocenters. The van der Waals surface area contributed by atoms with Crippen LogP contribution in [-0.4, -0.2) is 19.5 Å². The number of nitrogens with zero attached hydrogens (tertiary/aromatic N) is 4. The summed E-state index contributed by atoms with van der Waals surface area (Å²) in [6.45, 7) is 0. The van der Waals surface area contributed by atoms with Crippen LogP contribution in [0, 0.1) is 0 Å². The van der Waals surface area contributed by atoms with E-state index in [0.717, 1.165) is 44.7 Å². The zero-order chi connectivity index (χ0) is 23.6. The van der Waals surface area contributed by atoms with Crippen molar-refractivity contribution < 1.29 is 0 Å². The van der Waals surface area contributed by atoms with Crippen LogP contribution in [0.15, 0.2) is 109 Å². The summed E-state index contributed by atoms with van der Waals surface area (Å²) in [5.74, 6) is 0.866. The van der Waals surface area contributed by atoms with Crippen LogP contribution < -0.4 is 0 Å². The molecule has 0 bridgehead atoms. The zero-order valence-corrected chi connectivity index (χ0v) is 19.9. The van der Waals surface area contributed by atoms with Gasteiger partial charge in [0.05, 0.1) is 33.3 Å². The van der Waals surface area contributed by atoms with E-state index in [1.807, 2.05) is 35.6 Å². The van der Waals surface area contributed by atoms with Gasteiger partial charge in [0.2, 0.25) is 0 Å². The maximum absolute atomic E-state index is 5.25. The summed E-state index contributed by atoms with van der Waals surface area (Å²) in [7, 11) is 0. The van der Waals surface area contributed by atoms with E-state index < -0.39 is 0 Å². The van der Waals surface area contributed by atoms with Gasteiger partial charge in [-0.1, -0.05) is 54.6 Å². The Kier molecular flexibility index (Phi) is 4.07. The Labute approximate surface area is 210 Å². The lowest BCUT2D eigenvalue weighted by molar-refractivity contribution is 1.10.